The van der Waals surface area contributed by atoms with Crippen molar-refractivity contribution in [3.63, 3.8) is 0 Å². The van der Waals surface area contributed by atoms with Crippen molar-refractivity contribution in [3.05, 3.63) is 18.2 Å². The first-order valence-electron chi connectivity index (χ1n) is 10.8. The van der Waals surface area contributed by atoms with E-state index in [4.69, 9.17) is 28.4 Å². The van der Waals surface area contributed by atoms with Gasteiger partial charge in [-0.25, -0.2) is 16.8 Å². The summed E-state index contributed by atoms with van der Waals surface area (Å²) in [6, 6.07) is 3.90. The third kappa shape index (κ3) is 11.0. The summed E-state index contributed by atoms with van der Waals surface area (Å²) in [5, 5.41) is 0. The standard InChI is InChI=1S/C20H33NO10S2/c1-2-3-16-32(22,23)21-33(24,25)18-4-5-19-20(17-18)31-15-13-29-11-9-27-7-6-26-8-10-28-12-14-30-19/h4-5,17,21H,2-3,6-16H2,1H3. The molecule has 0 spiro atoms. The highest BCUT2D eigenvalue weighted by Gasteiger charge is 2.24. The largest absolute Gasteiger partial charge is 0.487 e. The number of sulfonamides is 2. The van der Waals surface area contributed by atoms with E-state index in [2.05, 4.69) is 0 Å². The first-order chi connectivity index (χ1) is 15.8. The van der Waals surface area contributed by atoms with Crippen molar-refractivity contribution in [2.75, 3.05) is 71.8 Å². The van der Waals surface area contributed by atoms with E-state index in [9.17, 15) is 16.8 Å². The summed E-state index contributed by atoms with van der Waals surface area (Å²) in [5.74, 6) is 0.166. The lowest BCUT2D eigenvalue weighted by molar-refractivity contribution is -0.00843. The van der Waals surface area contributed by atoms with Crippen molar-refractivity contribution in [2.24, 2.45) is 0 Å². The van der Waals surface area contributed by atoms with Crippen LogP contribution in [0.15, 0.2) is 23.1 Å². The number of benzene rings is 1. The smallest absolute Gasteiger partial charge is 0.253 e. The van der Waals surface area contributed by atoms with Crippen LogP contribution in [0.5, 0.6) is 11.5 Å². The number of nitrogens with one attached hydrogen (secondary N) is 1. The van der Waals surface area contributed by atoms with E-state index in [1.165, 1.54) is 18.2 Å². The molecule has 0 saturated heterocycles. The van der Waals surface area contributed by atoms with Crippen LogP contribution < -0.4 is 13.6 Å². The van der Waals surface area contributed by atoms with Crippen LogP contribution in [0, 0.1) is 0 Å². The molecule has 1 aliphatic heterocycles. The van der Waals surface area contributed by atoms with E-state index in [0.717, 1.165) is 0 Å². The SMILES string of the molecule is CCCCS(=O)(=O)NS(=O)(=O)c1ccc2c(c1)OCCOCCOCCOCCOCCO2. The van der Waals surface area contributed by atoms with Crippen LogP contribution in [0.3, 0.4) is 0 Å². The molecule has 190 valence electrons. The van der Waals surface area contributed by atoms with E-state index in [0.29, 0.717) is 64.8 Å². The summed E-state index contributed by atoms with van der Waals surface area (Å²) >= 11 is 0. The normalized spacial score (nSPS) is 18.2. The zero-order chi connectivity index (χ0) is 24.0. The average Bonchev–Trinajstić information content (AvgIpc) is 2.76. The lowest BCUT2D eigenvalue weighted by Gasteiger charge is -2.15. The van der Waals surface area contributed by atoms with Gasteiger partial charge in [-0.05, 0) is 18.6 Å². The number of unbranched alkanes of at least 4 members (excludes halogenated alkanes) is 1. The first-order valence-corrected chi connectivity index (χ1v) is 13.9. The van der Waals surface area contributed by atoms with Gasteiger partial charge in [0.15, 0.2) is 11.5 Å². The van der Waals surface area contributed by atoms with Crippen molar-refractivity contribution in [1.82, 2.24) is 4.13 Å². The Bertz CT molecular complexity index is 905. The summed E-state index contributed by atoms with van der Waals surface area (Å²) in [6.07, 6.45) is 0.973. The molecule has 33 heavy (non-hydrogen) atoms. The molecule has 1 N–H and O–H groups in total. The van der Waals surface area contributed by atoms with Crippen LogP contribution in [0.1, 0.15) is 19.8 Å². The molecular weight excluding hydrogens is 478 g/mol. The maximum atomic E-state index is 12.6. The second-order valence-electron chi connectivity index (χ2n) is 7.01. The zero-order valence-electron chi connectivity index (χ0n) is 18.8. The van der Waals surface area contributed by atoms with E-state index in [1.54, 1.807) is 4.13 Å². The minimum atomic E-state index is -4.32. The molecule has 0 unspecified atom stereocenters. The minimum absolute atomic E-state index is 0.127. The Kier molecular flexibility index (Phi) is 12.4. The van der Waals surface area contributed by atoms with Gasteiger partial charge in [0.1, 0.15) is 13.2 Å². The number of hydrogen-bond acceptors (Lipinski definition) is 10. The van der Waals surface area contributed by atoms with Gasteiger partial charge in [0.2, 0.25) is 10.0 Å². The number of rotatable bonds is 6. The Labute approximate surface area is 195 Å². The van der Waals surface area contributed by atoms with Crippen molar-refractivity contribution in [3.8, 4) is 11.5 Å². The lowest BCUT2D eigenvalue weighted by Crippen LogP contribution is -2.32. The molecule has 2 rings (SSSR count). The van der Waals surface area contributed by atoms with Crippen molar-refractivity contribution >= 4 is 20.0 Å². The number of fused-ring (bicyclic) bond motifs is 1. The minimum Gasteiger partial charge on any atom is -0.487 e. The fourth-order valence-corrected chi connectivity index (χ4v) is 5.90. The van der Waals surface area contributed by atoms with Gasteiger partial charge in [-0.1, -0.05) is 13.3 Å². The predicted octanol–water partition coefficient (Wildman–Crippen LogP) is 0.932. The van der Waals surface area contributed by atoms with Gasteiger partial charge in [0, 0.05) is 6.07 Å². The summed E-state index contributed by atoms with van der Waals surface area (Å²) in [6.45, 7) is 5.18. The fraction of sp³-hybridized carbons (Fsp3) is 0.700. The number of ether oxygens (including phenoxy) is 6. The van der Waals surface area contributed by atoms with Crippen LogP contribution in [0.2, 0.25) is 0 Å². The molecule has 1 aromatic carbocycles. The molecule has 0 fully saturated rings. The molecule has 0 aromatic heterocycles. The quantitative estimate of drug-likeness (QED) is 0.587. The molecule has 0 amide bonds. The summed E-state index contributed by atoms with van der Waals surface area (Å²) < 4.78 is 84.2. The molecule has 1 aliphatic rings. The monoisotopic (exact) mass is 511 g/mol. The molecule has 0 bridgehead atoms. The topological polar surface area (TPSA) is 136 Å². The Morgan fingerprint density at radius 1 is 0.727 bits per heavy atom. The van der Waals surface area contributed by atoms with Crippen molar-refractivity contribution in [2.45, 2.75) is 24.7 Å². The highest BCUT2D eigenvalue weighted by atomic mass is 32.3. The molecular formula is C20H33NO10S2. The summed E-state index contributed by atoms with van der Waals surface area (Å²) in [7, 11) is -8.31. The molecule has 0 aliphatic carbocycles. The Hall–Kier alpha value is -1.48. The molecule has 0 atom stereocenters. The maximum absolute atomic E-state index is 12.6. The van der Waals surface area contributed by atoms with Gasteiger partial charge < -0.3 is 28.4 Å². The zero-order valence-corrected chi connectivity index (χ0v) is 20.5. The fourth-order valence-electron chi connectivity index (χ4n) is 2.66. The molecule has 0 saturated carbocycles. The van der Waals surface area contributed by atoms with Gasteiger partial charge in [-0.2, -0.15) is 0 Å². The highest BCUT2D eigenvalue weighted by molar-refractivity contribution is 8.04. The molecule has 0 radical (unpaired) electrons. The van der Waals surface area contributed by atoms with E-state index in [-0.39, 0.29) is 36.2 Å². The molecule has 1 aromatic rings. The highest BCUT2D eigenvalue weighted by Crippen LogP contribution is 2.30. The van der Waals surface area contributed by atoms with E-state index < -0.39 is 20.0 Å². The van der Waals surface area contributed by atoms with Gasteiger partial charge in [-0.3, -0.25) is 0 Å². The van der Waals surface area contributed by atoms with Gasteiger partial charge in [-0.15, -0.1) is 4.13 Å². The van der Waals surface area contributed by atoms with Gasteiger partial charge in [0.05, 0.1) is 63.5 Å². The molecule has 1 heterocycles. The van der Waals surface area contributed by atoms with Crippen LogP contribution in [0.4, 0.5) is 0 Å². The van der Waals surface area contributed by atoms with Crippen molar-refractivity contribution < 1.29 is 45.3 Å². The third-order valence-corrected chi connectivity index (χ3v) is 7.91. The van der Waals surface area contributed by atoms with E-state index in [1.807, 2.05) is 6.92 Å². The summed E-state index contributed by atoms with van der Waals surface area (Å²) in [4.78, 5) is -0.255. The van der Waals surface area contributed by atoms with Crippen LogP contribution in [-0.4, -0.2) is 88.7 Å². The van der Waals surface area contributed by atoms with Crippen LogP contribution in [-0.2, 0) is 39.0 Å². The van der Waals surface area contributed by atoms with Gasteiger partial charge in [0.25, 0.3) is 10.0 Å². The second-order valence-corrected chi connectivity index (χ2v) is 10.8. The van der Waals surface area contributed by atoms with Crippen molar-refractivity contribution in [1.29, 1.82) is 0 Å². The van der Waals surface area contributed by atoms with Gasteiger partial charge >= 0.3 is 0 Å². The molecule has 13 heteroatoms. The second kappa shape index (κ2) is 14.7. The lowest BCUT2D eigenvalue weighted by atomic mass is 10.3. The van der Waals surface area contributed by atoms with Crippen LogP contribution in [0.25, 0.3) is 0 Å². The number of hydrogen-bond donors (Lipinski definition) is 1. The van der Waals surface area contributed by atoms with E-state index >= 15 is 0 Å². The first kappa shape index (κ1) is 27.8. The van der Waals surface area contributed by atoms with Crippen LogP contribution >= 0.6 is 0 Å². The Morgan fingerprint density at radius 3 is 1.73 bits per heavy atom. The average molecular weight is 512 g/mol. The Balaban J connectivity index is 2.11. The Morgan fingerprint density at radius 2 is 1.21 bits per heavy atom. The predicted molar refractivity (Wildman–Crippen MR) is 120 cm³/mol. The third-order valence-electron chi connectivity index (χ3n) is 4.32. The molecule has 11 nitrogen and oxygen atoms in total. The summed E-state index contributed by atoms with van der Waals surface area (Å²) in [5.41, 5.74) is 0. The maximum Gasteiger partial charge on any atom is 0.253 e.